The minimum Gasteiger partial charge on any atom is -0.372 e. The monoisotopic (exact) mass is 437 g/mol. The molecule has 3 aromatic rings. The van der Waals surface area contributed by atoms with Gasteiger partial charge in [-0.3, -0.25) is 9.10 Å². The molecule has 1 N–H and O–H groups in total. The van der Waals surface area contributed by atoms with E-state index in [-0.39, 0.29) is 10.8 Å². The average Bonchev–Trinajstić information content (AvgIpc) is 2.81. The number of rotatable bonds is 8. The molecule has 162 valence electrons. The maximum Gasteiger partial charge on any atom is 0.264 e. The van der Waals surface area contributed by atoms with Gasteiger partial charge >= 0.3 is 0 Å². The van der Waals surface area contributed by atoms with E-state index in [2.05, 4.69) is 24.1 Å². The minimum atomic E-state index is -3.71. The summed E-state index contributed by atoms with van der Waals surface area (Å²) >= 11 is 0. The quantitative estimate of drug-likeness (QED) is 0.559. The zero-order chi connectivity index (χ0) is 22.4. The van der Waals surface area contributed by atoms with E-state index < -0.39 is 10.0 Å². The van der Waals surface area contributed by atoms with Gasteiger partial charge < -0.3 is 10.2 Å². The van der Waals surface area contributed by atoms with Gasteiger partial charge in [0.1, 0.15) is 0 Å². The molecule has 0 unspecified atom stereocenters. The van der Waals surface area contributed by atoms with E-state index in [9.17, 15) is 13.2 Å². The molecule has 0 spiro atoms. The van der Waals surface area contributed by atoms with Crippen LogP contribution in [0.25, 0.3) is 0 Å². The van der Waals surface area contributed by atoms with E-state index in [1.807, 2.05) is 30.3 Å². The van der Waals surface area contributed by atoms with Crippen molar-refractivity contribution in [3.63, 3.8) is 0 Å². The molecule has 1 amide bonds. The van der Waals surface area contributed by atoms with E-state index in [0.29, 0.717) is 16.9 Å². The second-order valence-corrected chi connectivity index (χ2v) is 8.98. The fourth-order valence-corrected chi connectivity index (χ4v) is 4.46. The first-order valence-electron chi connectivity index (χ1n) is 10.2. The Kier molecular flexibility index (Phi) is 6.97. The molecule has 6 nitrogen and oxygen atoms in total. The van der Waals surface area contributed by atoms with Crippen LogP contribution in [0.3, 0.4) is 0 Å². The van der Waals surface area contributed by atoms with Crippen LogP contribution in [-0.4, -0.2) is 34.5 Å². The fraction of sp³-hybridized carbons (Fsp3) is 0.208. The first kappa shape index (κ1) is 22.4. The third-order valence-corrected chi connectivity index (χ3v) is 6.95. The summed E-state index contributed by atoms with van der Waals surface area (Å²) in [5.41, 5.74) is 2.73. The number of para-hydroxylation sites is 1. The number of amides is 1. The van der Waals surface area contributed by atoms with Crippen molar-refractivity contribution in [2.75, 3.05) is 34.7 Å². The molecule has 0 aliphatic carbocycles. The van der Waals surface area contributed by atoms with Gasteiger partial charge in [-0.05, 0) is 74.5 Å². The van der Waals surface area contributed by atoms with Crippen molar-refractivity contribution in [1.82, 2.24) is 0 Å². The predicted molar refractivity (Wildman–Crippen MR) is 126 cm³/mol. The Labute approximate surface area is 184 Å². The van der Waals surface area contributed by atoms with Gasteiger partial charge in [-0.15, -0.1) is 0 Å². The number of sulfonamides is 1. The third-order valence-electron chi connectivity index (χ3n) is 5.15. The molecule has 0 aliphatic heterocycles. The number of anilines is 3. The highest BCUT2D eigenvalue weighted by atomic mass is 32.2. The summed E-state index contributed by atoms with van der Waals surface area (Å²) in [4.78, 5) is 14.9. The van der Waals surface area contributed by atoms with Crippen LogP contribution in [-0.2, 0) is 10.0 Å². The highest BCUT2D eigenvalue weighted by molar-refractivity contribution is 7.92. The van der Waals surface area contributed by atoms with Crippen molar-refractivity contribution in [1.29, 1.82) is 0 Å². The van der Waals surface area contributed by atoms with Crippen molar-refractivity contribution < 1.29 is 13.2 Å². The van der Waals surface area contributed by atoms with Crippen LogP contribution in [0.5, 0.6) is 0 Å². The lowest BCUT2D eigenvalue weighted by atomic mass is 10.2. The second-order valence-electron chi connectivity index (χ2n) is 7.01. The molecule has 3 aromatic carbocycles. The molecule has 0 bridgehead atoms. The van der Waals surface area contributed by atoms with E-state index in [0.717, 1.165) is 18.8 Å². The largest absolute Gasteiger partial charge is 0.372 e. The number of carbonyl (C=O) groups excluding carboxylic acids is 1. The fourth-order valence-electron chi connectivity index (χ4n) is 3.26. The van der Waals surface area contributed by atoms with Crippen molar-refractivity contribution >= 4 is 33.0 Å². The molecular formula is C24H27N3O3S. The molecule has 0 saturated carbocycles. The van der Waals surface area contributed by atoms with Crippen molar-refractivity contribution in [3.05, 3.63) is 84.4 Å². The summed E-state index contributed by atoms with van der Waals surface area (Å²) in [7, 11) is -2.21. The summed E-state index contributed by atoms with van der Waals surface area (Å²) in [5.74, 6) is -0.295. The van der Waals surface area contributed by atoms with Crippen LogP contribution in [0, 0.1) is 0 Å². The SMILES string of the molecule is CCN(CC)c1ccc(NC(=O)c2ccc(S(=O)(=O)N(C)c3ccccc3)cc2)cc1. The first-order chi connectivity index (χ1) is 14.9. The van der Waals surface area contributed by atoms with E-state index in [1.165, 1.54) is 35.6 Å². The van der Waals surface area contributed by atoms with Crippen LogP contribution >= 0.6 is 0 Å². The van der Waals surface area contributed by atoms with Crippen LogP contribution in [0.2, 0.25) is 0 Å². The zero-order valence-corrected chi connectivity index (χ0v) is 18.8. The van der Waals surface area contributed by atoms with Crippen molar-refractivity contribution in [2.45, 2.75) is 18.7 Å². The van der Waals surface area contributed by atoms with E-state index >= 15 is 0 Å². The Balaban J connectivity index is 1.71. The molecule has 0 atom stereocenters. The van der Waals surface area contributed by atoms with Crippen LogP contribution < -0.4 is 14.5 Å². The van der Waals surface area contributed by atoms with Gasteiger partial charge in [0.05, 0.1) is 10.6 Å². The maximum absolute atomic E-state index is 12.9. The standard InChI is InChI=1S/C24H27N3O3S/c1-4-27(5-2)22-15-13-20(14-16-22)25-24(28)19-11-17-23(18-12-19)31(29,30)26(3)21-9-7-6-8-10-21/h6-18H,4-5H2,1-3H3,(H,25,28). The Hall–Kier alpha value is -3.32. The smallest absolute Gasteiger partial charge is 0.264 e. The van der Waals surface area contributed by atoms with Gasteiger partial charge in [-0.2, -0.15) is 0 Å². The van der Waals surface area contributed by atoms with Gasteiger partial charge in [-0.1, -0.05) is 18.2 Å². The van der Waals surface area contributed by atoms with Gasteiger partial charge in [0.2, 0.25) is 0 Å². The van der Waals surface area contributed by atoms with Gasteiger partial charge in [-0.25, -0.2) is 8.42 Å². The molecule has 0 fully saturated rings. The Morgan fingerprint density at radius 3 is 1.94 bits per heavy atom. The van der Waals surface area contributed by atoms with Gasteiger partial charge in [0.15, 0.2) is 0 Å². The first-order valence-corrected chi connectivity index (χ1v) is 11.6. The predicted octanol–water partition coefficient (Wildman–Crippen LogP) is 4.61. The summed E-state index contributed by atoms with van der Waals surface area (Å²) in [6, 6.07) is 22.4. The number of nitrogens with zero attached hydrogens (tertiary/aromatic N) is 2. The second kappa shape index (κ2) is 9.66. The number of benzene rings is 3. The molecule has 3 rings (SSSR count). The van der Waals surface area contributed by atoms with E-state index in [4.69, 9.17) is 0 Å². The lowest BCUT2D eigenvalue weighted by Crippen LogP contribution is -2.26. The average molecular weight is 438 g/mol. The Morgan fingerprint density at radius 1 is 0.806 bits per heavy atom. The topological polar surface area (TPSA) is 69.7 Å². The molecule has 31 heavy (non-hydrogen) atoms. The van der Waals surface area contributed by atoms with Crippen LogP contribution in [0.4, 0.5) is 17.1 Å². The van der Waals surface area contributed by atoms with Crippen molar-refractivity contribution in [3.8, 4) is 0 Å². The lowest BCUT2D eigenvalue weighted by Gasteiger charge is -2.21. The van der Waals surface area contributed by atoms with Gasteiger partial charge in [0.25, 0.3) is 15.9 Å². The van der Waals surface area contributed by atoms with E-state index in [1.54, 1.807) is 24.3 Å². The molecule has 0 saturated heterocycles. The highest BCUT2D eigenvalue weighted by Crippen LogP contribution is 2.22. The maximum atomic E-state index is 12.9. The molecular weight excluding hydrogens is 410 g/mol. The molecule has 0 aromatic heterocycles. The number of nitrogens with one attached hydrogen (secondary N) is 1. The molecule has 7 heteroatoms. The minimum absolute atomic E-state index is 0.124. The molecule has 0 radical (unpaired) electrons. The molecule has 0 heterocycles. The molecule has 0 aliphatic rings. The summed E-state index contributed by atoms with van der Waals surface area (Å²) in [5, 5.41) is 2.85. The normalized spacial score (nSPS) is 11.1. The number of carbonyl (C=O) groups is 1. The highest BCUT2D eigenvalue weighted by Gasteiger charge is 2.21. The Morgan fingerprint density at radius 2 is 1.39 bits per heavy atom. The van der Waals surface area contributed by atoms with Crippen molar-refractivity contribution in [2.24, 2.45) is 0 Å². The summed E-state index contributed by atoms with van der Waals surface area (Å²) in [6.07, 6.45) is 0. The van der Waals surface area contributed by atoms with Crippen LogP contribution in [0.15, 0.2) is 83.8 Å². The Bertz CT molecular complexity index is 1110. The third kappa shape index (κ3) is 5.06. The summed E-state index contributed by atoms with van der Waals surface area (Å²) in [6.45, 7) is 6.02. The number of hydrogen-bond acceptors (Lipinski definition) is 4. The zero-order valence-electron chi connectivity index (χ0n) is 17.9. The number of hydrogen-bond donors (Lipinski definition) is 1. The van der Waals surface area contributed by atoms with Crippen LogP contribution in [0.1, 0.15) is 24.2 Å². The van der Waals surface area contributed by atoms with Gasteiger partial charge in [0, 0.05) is 37.1 Å². The lowest BCUT2D eigenvalue weighted by molar-refractivity contribution is 0.102. The summed E-state index contributed by atoms with van der Waals surface area (Å²) < 4.78 is 26.9.